The smallest absolute Gasteiger partial charge is 0.289 e. The number of likely N-dealkylation sites (tertiary alicyclic amines) is 1. The quantitative estimate of drug-likeness (QED) is 0.833. The number of nitrogens with zero attached hydrogens (tertiary/aromatic N) is 1. The van der Waals surface area contributed by atoms with E-state index in [4.69, 9.17) is 33.4 Å². The van der Waals surface area contributed by atoms with E-state index >= 15 is 0 Å². The zero-order valence-corrected chi connectivity index (χ0v) is 15.5. The molecule has 0 aliphatic carbocycles. The van der Waals surface area contributed by atoms with Crippen LogP contribution in [0.2, 0.25) is 10.0 Å². The number of nitrogens with two attached hydrogens (primary N) is 1. The third-order valence-corrected chi connectivity index (χ3v) is 6.02. The molecule has 1 saturated heterocycles. The van der Waals surface area contributed by atoms with Gasteiger partial charge in [-0.2, -0.15) is 0 Å². The summed E-state index contributed by atoms with van der Waals surface area (Å²) in [5, 5.41) is 1.57. The number of benzene rings is 1. The highest BCUT2D eigenvalue weighted by atomic mass is 35.5. The van der Waals surface area contributed by atoms with Crippen molar-refractivity contribution >= 4 is 40.9 Å². The summed E-state index contributed by atoms with van der Waals surface area (Å²) in [5.74, 6) is 0.228. The van der Waals surface area contributed by atoms with Crippen LogP contribution in [0, 0.1) is 0 Å². The summed E-state index contributed by atoms with van der Waals surface area (Å²) in [7, 11) is 0. The largest absolute Gasteiger partial charge is 0.444 e. The molecule has 0 spiro atoms. The number of hydrogen-bond donors (Lipinski definition) is 1. The maximum absolute atomic E-state index is 12.5. The maximum atomic E-state index is 12.5. The van der Waals surface area contributed by atoms with Gasteiger partial charge in [-0.05, 0) is 44.0 Å². The number of hydrogen-bond acceptors (Lipinski definition) is 4. The van der Waals surface area contributed by atoms with Gasteiger partial charge in [0, 0.05) is 23.5 Å². The first kappa shape index (κ1) is 17.7. The normalized spacial score (nSPS) is 17.1. The molecular weight excluding hydrogens is 367 g/mol. The Morgan fingerprint density at radius 2 is 1.96 bits per heavy atom. The van der Waals surface area contributed by atoms with E-state index in [0.717, 1.165) is 17.7 Å². The average molecular weight is 385 g/mol. The molecule has 1 aromatic carbocycles. The Kier molecular flexibility index (Phi) is 5.16. The molecule has 1 aromatic heterocycles. The lowest BCUT2D eigenvalue weighted by Gasteiger charge is -2.36. The van der Waals surface area contributed by atoms with Crippen LogP contribution >= 0.6 is 35.0 Å². The Labute approximate surface area is 155 Å². The molecular formula is C17H18Cl2N2O2S. The summed E-state index contributed by atoms with van der Waals surface area (Å²) in [6.45, 7) is 3.31. The van der Waals surface area contributed by atoms with E-state index in [0.29, 0.717) is 34.0 Å². The molecule has 0 radical (unpaired) electrons. The third-order valence-electron chi connectivity index (χ3n) is 4.11. The fourth-order valence-electron chi connectivity index (χ4n) is 2.54. The van der Waals surface area contributed by atoms with Gasteiger partial charge >= 0.3 is 0 Å². The number of halogens is 2. The molecule has 1 amide bonds. The van der Waals surface area contributed by atoms with Crippen molar-refractivity contribution in [3.8, 4) is 0 Å². The molecule has 2 aromatic rings. The number of rotatable bonds is 3. The van der Waals surface area contributed by atoms with Gasteiger partial charge in [0.25, 0.3) is 5.91 Å². The topological polar surface area (TPSA) is 59.5 Å². The van der Waals surface area contributed by atoms with Crippen molar-refractivity contribution < 1.29 is 9.21 Å². The van der Waals surface area contributed by atoms with Crippen LogP contribution in [0.25, 0.3) is 0 Å². The van der Waals surface area contributed by atoms with Crippen molar-refractivity contribution in [2.24, 2.45) is 5.73 Å². The van der Waals surface area contributed by atoms with Crippen LogP contribution in [0.4, 0.5) is 0 Å². The highest BCUT2D eigenvalue weighted by Crippen LogP contribution is 2.37. The summed E-state index contributed by atoms with van der Waals surface area (Å²) >= 11 is 13.5. The summed E-state index contributed by atoms with van der Waals surface area (Å²) in [5.41, 5.74) is 5.92. The van der Waals surface area contributed by atoms with Crippen molar-refractivity contribution in [3.05, 3.63) is 46.1 Å². The van der Waals surface area contributed by atoms with Crippen LogP contribution in [0.3, 0.4) is 0 Å². The van der Waals surface area contributed by atoms with Gasteiger partial charge in [-0.3, -0.25) is 4.79 Å². The Balaban J connectivity index is 1.69. The molecule has 0 bridgehead atoms. The van der Waals surface area contributed by atoms with Crippen molar-refractivity contribution in [3.63, 3.8) is 0 Å². The van der Waals surface area contributed by atoms with Gasteiger partial charge in [0.15, 0.2) is 10.9 Å². The second-order valence-electron chi connectivity index (χ2n) is 6.22. The molecule has 1 aliphatic heterocycles. The van der Waals surface area contributed by atoms with E-state index in [9.17, 15) is 4.79 Å². The summed E-state index contributed by atoms with van der Waals surface area (Å²) in [6, 6.07) is 8.87. The Hall–Kier alpha value is -1.14. The predicted octanol–water partition coefficient (Wildman–Crippen LogP) is 4.69. The van der Waals surface area contributed by atoms with Crippen molar-refractivity contribution in [2.75, 3.05) is 13.1 Å². The molecule has 0 atom stereocenters. The van der Waals surface area contributed by atoms with Gasteiger partial charge in [-0.25, -0.2) is 0 Å². The molecule has 128 valence electrons. The van der Waals surface area contributed by atoms with Crippen LogP contribution in [-0.2, 0) is 0 Å². The SMILES string of the molecule is CC1(N)CCN(C(=O)c2ccc(Sc3cccc(Cl)c3Cl)o2)CC1. The number of amides is 1. The molecule has 0 saturated carbocycles. The van der Waals surface area contributed by atoms with Crippen molar-refractivity contribution in [1.29, 1.82) is 0 Å². The molecule has 2 heterocycles. The fourth-order valence-corrected chi connectivity index (χ4v) is 3.84. The van der Waals surface area contributed by atoms with Crippen LogP contribution in [0.5, 0.6) is 0 Å². The Bertz CT molecular complexity index is 751. The minimum absolute atomic E-state index is 0.102. The standard InChI is InChI=1S/C17H18Cl2N2O2S/c1-17(20)7-9-21(10-8-17)16(22)12-5-6-14(23-12)24-13-4-2-3-11(18)15(13)19/h2-6H,7-10,20H2,1H3. The zero-order chi connectivity index (χ0) is 17.3. The van der Waals surface area contributed by atoms with Gasteiger partial charge in [0.2, 0.25) is 0 Å². The Morgan fingerprint density at radius 3 is 2.67 bits per heavy atom. The van der Waals surface area contributed by atoms with E-state index in [1.54, 1.807) is 23.1 Å². The van der Waals surface area contributed by atoms with Crippen molar-refractivity contribution in [1.82, 2.24) is 4.90 Å². The second kappa shape index (κ2) is 7.00. The fraction of sp³-hybridized carbons (Fsp3) is 0.353. The molecule has 24 heavy (non-hydrogen) atoms. The van der Waals surface area contributed by atoms with Gasteiger partial charge in [0.05, 0.1) is 10.0 Å². The summed E-state index contributed by atoms with van der Waals surface area (Å²) < 4.78 is 5.69. The van der Waals surface area contributed by atoms with Crippen LogP contribution in [-0.4, -0.2) is 29.4 Å². The molecule has 1 aliphatic rings. The molecule has 0 unspecified atom stereocenters. The highest BCUT2D eigenvalue weighted by molar-refractivity contribution is 7.99. The number of furan rings is 1. The number of carbonyl (C=O) groups excluding carboxylic acids is 1. The molecule has 4 nitrogen and oxygen atoms in total. The lowest BCUT2D eigenvalue weighted by Crippen LogP contribution is -2.49. The zero-order valence-electron chi connectivity index (χ0n) is 13.2. The summed E-state index contributed by atoms with van der Waals surface area (Å²) in [4.78, 5) is 15.1. The Morgan fingerprint density at radius 1 is 1.25 bits per heavy atom. The third kappa shape index (κ3) is 3.91. The van der Waals surface area contributed by atoms with Gasteiger partial charge in [-0.15, -0.1) is 0 Å². The van der Waals surface area contributed by atoms with E-state index in [1.807, 2.05) is 19.1 Å². The molecule has 2 N–H and O–H groups in total. The first-order valence-corrected chi connectivity index (χ1v) is 9.23. The highest BCUT2D eigenvalue weighted by Gasteiger charge is 2.30. The average Bonchev–Trinajstić information content (AvgIpc) is 3.00. The monoisotopic (exact) mass is 384 g/mol. The van der Waals surface area contributed by atoms with Gasteiger partial charge < -0.3 is 15.1 Å². The molecule has 7 heteroatoms. The first-order chi connectivity index (χ1) is 11.4. The lowest BCUT2D eigenvalue weighted by atomic mass is 9.91. The second-order valence-corrected chi connectivity index (χ2v) is 8.05. The number of piperidine rings is 1. The van der Waals surface area contributed by atoms with E-state index in [1.165, 1.54) is 11.8 Å². The minimum Gasteiger partial charge on any atom is -0.444 e. The van der Waals surface area contributed by atoms with Crippen LogP contribution in [0.1, 0.15) is 30.3 Å². The summed E-state index contributed by atoms with van der Waals surface area (Å²) in [6.07, 6.45) is 1.58. The van der Waals surface area contributed by atoms with Crippen LogP contribution < -0.4 is 5.73 Å². The lowest BCUT2D eigenvalue weighted by molar-refractivity contribution is 0.0643. The van der Waals surface area contributed by atoms with Crippen LogP contribution in [0.15, 0.2) is 44.7 Å². The first-order valence-electron chi connectivity index (χ1n) is 7.66. The number of carbonyl (C=O) groups is 1. The molecule has 1 fully saturated rings. The van der Waals surface area contributed by atoms with Crippen molar-refractivity contribution in [2.45, 2.75) is 35.3 Å². The minimum atomic E-state index is -0.190. The van der Waals surface area contributed by atoms with Gasteiger partial charge in [-0.1, -0.05) is 41.0 Å². The van der Waals surface area contributed by atoms with Gasteiger partial charge in [0.1, 0.15) is 0 Å². The van der Waals surface area contributed by atoms with E-state index < -0.39 is 0 Å². The maximum Gasteiger partial charge on any atom is 0.289 e. The van der Waals surface area contributed by atoms with E-state index in [-0.39, 0.29) is 11.4 Å². The van der Waals surface area contributed by atoms with E-state index in [2.05, 4.69) is 0 Å². The molecule has 3 rings (SSSR count). The predicted molar refractivity (Wildman–Crippen MR) is 97.0 cm³/mol.